The number of aryl methyl sites for hydroxylation is 1. The molecule has 0 saturated heterocycles. The second-order valence-electron chi connectivity index (χ2n) is 4.45. The maximum atomic E-state index is 9.47. The van der Waals surface area contributed by atoms with Crippen LogP contribution in [0.5, 0.6) is 11.5 Å². The minimum Gasteiger partial charge on any atom is -0.508 e. The lowest BCUT2D eigenvalue weighted by Gasteiger charge is -2.09. The quantitative estimate of drug-likeness (QED) is 0.817. The van der Waals surface area contributed by atoms with Gasteiger partial charge in [0.15, 0.2) is 6.61 Å². The van der Waals surface area contributed by atoms with Gasteiger partial charge in [-0.1, -0.05) is 12.1 Å². The molecule has 0 aliphatic carbocycles. The highest BCUT2D eigenvalue weighted by Crippen LogP contribution is 2.21. The normalized spacial score (nSPS) is 9.80. The molecule has 102 valence electrons. The number of ether oxygens (including phenoxy) is 1. The second kappa shape index (κ2) is 6.48. The largest absolute Gasteiger partial charge is 0.508 e. The Morgan fingerprint density at radius 3 is 2.60 bits per heavy atom. The van der Waals surface area contributed by atoms with Crippen LogP contribution in [0.3, 0.4) is 0 Å². The molecule has 0 aliphatic rings. The highest BCUT2D eigenvalue weighted by molar-refractivity contribution is 5.50. The Hall–Kier alpha value is -2.67. The number of nitrogens with one attached hydrogen (secondary N) is 1. The Morgan fingerprint density at radius 2 is 1.95 bits per heavy atom. The van der Waals surface area contributed by atoms with E-state index in [0.29, 0.717) is 18.0 Å². The number of rotatable bonds is 5. The summed E-state index contributed by atoms with van der Waals surface area (Å²) < 4.78 is 5.19. The molecule has 4 heteroatoms. The van der Waals surface area contributed by atoms with Crippen molar-refractivity contribution in [3.05, 3.63) is 53.6 Å². The molecule has 0 fully saturated rings. The number of aromatic hydroxyl groups is 1. The van der Waals surface area contributed by atoms with Crippen LogP contribution >= 0.6 is 0 Å². The van der Waals surface area contributed by atoms with Crippen molar-refractivity contribution in [2.75, 3.05) is 11.9 Å². The van der Waals surface area contributed by atoms with Gasteiger partial charge in [-0.05, 0) is 48.4 Å². The standard InChI is InChI=1S/C16H16N2O2/c1-12-10-14(4-7-16(12)19)18-11-13-2-5-15(6-3-13)20-9-8-17/h2-7,10,18-19H,9,11H2,1H3. The van der Waals surface area contributed by atoms with E-state index in [4.69, 9.17) is 10.00 Å². The molecule has 0 heterocycles. The van der Waals surface area contributed by atoms with E-state index in [2.05, 4.69) is 5.32 Å². The molecule has 0 unspecified atom stereocenters. The van der Waals surface area contributed by atoms with Gasteiger partial charge in [0.1, 0.15) is 17.6 Å². The van der Waals surface area contributed by atoms with E-state index in [1.165, 1.54) is 0 Å². The van der Waals surface area contributed by atoms with Crippen LogP contribution < -0.4 is 10.1 Å². The van der Waals surface area contributed by atoms with E-state index in [9.17, 15) is 5.11 Å². The molecular formula is C16H16N2O2. The summed E-state index contributed by atoms with van der Waals surface area (Å²) in [5.74, 6) is 0.991. The zero-order valence-corrected chi connectivity index (χ0v) is 11.3. The average Bonchev–Trinajstić information content (AvgIpc) is 2.47. The number of nitriles is 1. The van der Waals surface area contributed by atoms with Crippen LogP contribution in [0.4, 0.5) is 5.69 Å². The first kappa shape index (κ1) is 13.8. The van der Waals surface area contributed by atoms with Crippen LogP contribution in [0, 0.1) is 18.3 Å². The van der Waals surface area contributed by atoms with E-state index in [-0.39, 0.29) is 6.61 Å². The number of nitrogens with zero attached hydrogens (tertiary/aromatic N) is 1. The molecule has 2 N–H and O–H groups in total. The average molecular weight is 268 g/mol. The van der Waals surface area contributed by atoms with Gasteiger partial charge in [-0.15, -0.1) is 0 Å². The van der Waals surface area contributed by atoms with Crippen LogP contribution in [-0.2, 0) is 6.54 Å². The molecular weight excluding hydrogens is 252 g/mol. The zero-order valence-electron chi connectivity index (χ0n) is 11.3. The number of benzene rings is 2. The van der Waals surface area contributed by atoms with Crippen molar-refractivity contribution in [3.8, 4) is 17.6 Å². The Balaban J connectivity index is 1.93. The van der Waals surface area contributed by atoms with Gasteiger partial charge < -0.3 is 15.2 Å². The molecule has 0 radical (unpaired) electrons. The first-order valence-electron chi connectivity index (χ1n) is 6.31. The second-order valence-corrected chi connectivity index (χ2v) is 4.45. The van der Waals surface area contributed by atoms with Crippen molar-refractivity contribution in [3.63, 3.8) is 0 Å². The minimum absolute atomic E-state index is 0.0599. The summed E-state index contributed by atoms with van der Waals surface area (Å²) in [5, 5.41) is 21.2. The molecule has 20 heavy (non-hydrogen) atoms. The molecule has 0 atom stereocenters. The Morgan fingerprint density at radius 1 is 1.20 bits per heavy atom. The molecule has 0 bridgehead atoms. The number of hydrogen-bond donors (Lipinski definition) is 2. The van der Waals surface area contributed by atoms with Gasteiger partial charge in [-0.2, -0.15) is 5.26 Å². The molecule has 2 aromatic carbocycles. The lowest BCUT2D eigenvalue weighted by molar-refractivity contribution is 0.368. The monoisotopic (exact) mass is 268 g/mol. The Bertz CT molecular complexity index is 615. The van der Waals surface area contributed by atoms with E-state index in [0.717, 1.165) is 16.8 Å². The van der Waals surface area contributed by atoms with Gasteiger partial charge >= 0.3 is 0 Å². The third-order valence-electron chi connectivity index (χ3n) is 2.92. The van der Waals surface area contributed by atoms with Crippen molar-refractivity contribution >= 4 is 5.69 Å². The van der Waals surface area contributed by atoms with Gasteiger partial charge in [0.2, 0.25) is 0 Å². The van der Waals surface area contributed by atoms with Crippen LogP contribution in [0.1, 0.15) is 11.1 Å². The lowest BCUT2D eigenvalue weighted by atomic mass is 10.2. The van der Waals surface area contributed by atoms with Gasteiger partial charge in [0.25, 0.3) is 0 Å². The fraction of sp³-hybridized carbons (Fsp3) is 0.188. The predicted molar refractivity (Wildman–Crippen MR) is 77.7 cm³/mol. The fourth-order valence-corrected chi connectivity index (χ4v) is 1.79. The summed E-state index contributed by atoms with van der Waals surface area (Å²) in [6.07, 6.45) is 0. The number of hydrogen-bond acceptors (Lipinski definition) is 4. The smallest absolute Gasteiger partial charge is 0.174 e. The van der Waals surface area contributed by atoms with Gasteiger partial charge in [0, 0.05) is 12.2 Å². The summed E-state index contributed by atoms with van der Waals surface area (Å²) in [6, 6.07) is 14.9. The molecule has 4 nitrogen and oxygen atoms in total. The molecule has 2 rings (SSSR count). The van der Waals surface area contributed by atoms with Gasteiger partial charge in [-0.3, -0.25) is 0 Å². The molecule has 0 aliphatic heterocycles. The van der Waals surface area contributed by atoms with Crippen molar-refractivity contribution < 1.29 is 9.84 Å². The zero-order chi connectivity index (χ0) is 14.4. The number of phenolic OH excluding ortho intramolecular Hbond substituents is 1. The first-order valence-corrected chi connectivity index (χ1v) is 6.31. The van der Waals surface area contributed by atoms with Crippen LogP contribution in [-0.4, -0.2) is 11.7 Å². The third kappa shape index (κ3) is 3.66. The maximum Gasteiger partial charge on any atom is 0.174 e. The fourth-order valence-electron chi connectivity index (χ4n) is 1.79. The van der Waals surface area contributed by atoms with Crippen molar-refractivity contribution in [2.45, 2.75) is 13.5 Å². The first-order chi connectivity index (χ1) is 9.69. The van der Waals surface area contributed by atoms with Crippen LogP contribution in [0.15, 0.2) is 42.5 Å². The van der Waals surface area contributed by atoms with E-state index in [1.807, 2.05) is 49.4 Å². The summed E-state index contributed by atoms with van der Waals surface area (Å²) in [4.78, 5) is 0. The SMILES string of the molecule is Cc1cc(NCc2ccc(OCC#N)cc2)ccc1O. The Kier molecular flexibility index (Phi) is 4.46. The molecule has 0 spiro atoms. The highest BCUT2D eigenvalue weighted by Gasteiger charge is 1.99. The molecule has 0 aromatic heterocycles. The van der Waals surface area contributed by atoms with Crippen LogP contribution in [0.25, 0.3) is 0 Å². The minimum atomic E-state index is 0.0599. The highest BCUT2D eigenvalue weighted by atomic mass is 16.5. The summed E-state index contributed by atoms with van der Waals surface area (Å²) in [6.45, 7) is 2.61. The lowest BCUT2D eigenvalue weighted by Crippen LogP contribution is -2.00. The summed E-state index contributed by atoms with van der Waals surface area (Å²) >= 11 is 0. The molecule has 0 amide bonds. The molecule has 2 aromatic rings. The van der Waals surface area contributed by atoms with Gasteiger partial charge in [0.05, 0.1) is 0 Å². The van der Waals surface area contributed by atoms with E-state index < -0.39 is 0 Å². The van der Waals surface area contributed by atoms with E-state index >= 15 is 0 Å². The van der Waals surface area contributed by atoms with Crippen LogP contribution in [0.2, 0.25) is 0 Å². The summed E-state index contributed by atoms with van der Waals surface area (Å²) in [5.41, 5.74) is 2.92. The molecule has 0 saturated carbocycles. The third-order valence-corrected chi connectivity index (χ3v) is 2.92. The number of phenols is 1. The van der Waals surface area contributed by atoms with Crippen molar-refractivity contribution in [1.29, 1.82) is 5.26 Å². The predicted octanol–water partition coefficient (Wildman–Crippen LogP) is 3.22. The maximum absolute atomic E-state index is 9.47. The summed E-state index contributed by atoms with van der Waals surface area (Å²) in [7, 11) is 0. The Labute approximate surface area is 118 Å². The van der Waals surface area contributed by atoms with Crippen molar-refractivity contribution in [2.24, 2.45) is 0 Å². The topological polar surface area (TPSA) is 65.3 Å². The van der Waals surface area contributed by atoms with E-state index in [1.54, 1.807) is 6.07 Å². The number of anilines is 1. The van der Waals surface area contributed by atoms with Crippen molar-refractivity contribution in [1.82, 2.24) is 0 Å². The van der Waals surface area contributed by atoms with Gasteiger partial charge in [-0.25, -0.2) is 0 Å².